The van der Waals surface area contributed by atoms with Crippen LogP contribution in [0.1, 0.15) is 18.0 Å². The predicted molar refractivity (Wildman–Crippen MR) is 55.7 cm³/mol. The molecule has 1 aromatic rings. The van der Waals surface area contributed by atoms with E-state index in [2.05, 4.69) is 0 Å². The second-order valence-corrected chi connectivity index (χ2v) is 3.90. The van der Waals surface area contributed by atoms with Gasteiger partial charge in [-0.15, -0.1) is 0 Å². The molecule has 0 saturated carbocycles. The Balaban J connectivity index is 2.29. The average molecular weight is 194 g/mol. The van der Waals surface area contributed by atoms with Gasteiger partial charge in [0.25, 0.3) is 0 Å². The molecule has 0 amide bonds. The molecule has 1 saturated heterocycles. The molecule has 2 N–H and O–H groups in total. The van der Waals surface area contributed by atoms with Crippen LogP contribution in [0.25, 0.3) is 0 Å². The van der Waals surface area contributed by atoms with Crippen molar-refractivity contribution in [2.75, 3.05) is 19.3 Å². The molecular formula is C11H15FN2. The number of rotatable bonds is 1. The number of anilines is 1. The maximum atomic E-state index is 13.6. The van der Waals surface area contributed by atoms with Crippen LogP contribution < -0.4 is 5.73 Å². The van der Waals surface area contributed by atoms with Crippen molar-refractivity contribution in [2.24, 2.45) is 0 Å². The summed E-state index contributed by atoms with van der Waals surface area (Å²) < 4.78 is 13.6. The third-order valence-corrected chi connectivity index (χ3v) is 2.83. The van der Waals surface area contributed by atoms with E-state index in [0.29, 0.717) is 12.1 Å². The smallest absolute Gasteiger partial charge is 0.121 e. The van der Waals surface area contributed by atoms with E-state index >= 15 is 0 Å². The van der Waals surface area contributed by atoms with E-state index in [0.717, 1.165) is 12.1 Å². The molecule has 1 aliphatic rings. The maximum absolute atomic E-state index is 13.6. The molecule has 76 valence electrons. The summed E-state index contributed by atoms with van der Waals surface area (Å²) in [5, 5.41) is 0. The molecule has 1 fully saturated rings. The Kier molecular flexibility index (Phi) is 2.42. The molecule has 2 nitrogen and oxygen atoms in total. The fourth-order valence-corrected chi connectivity index (χ4v) is 2.11. The quantitative estimate of drug-likeness (QED) is 0.693. The number of likely N-dealkylation sites (tertiary alicyclic amines) is 1. The summed E-state index contributed by atoms with van der Waals surface area (Å²) in [6, 6.07) is 7.39. The lowest BCUT2D eigenvalue weighted by Gasteiger charge is -2.21. The molecule has 2 atom stereocenters. The third kappa shape index (κ3) is 1.60. The molecule has 0 spiro atoms. The Hall–Kier alpha value is -1.09. The van der Waals surface area contributed by atoms with Crippen molar-refractivity contribution in [3.05, 3.63) is 29.8 Å². The van der Waals surface area contributed by atoms with Crippen molar-refractivity contribution >= 4 is 5.69 Å². The Morgan fingerprint density at radius 2 is 2.29 bits per heavy atom. The van der Waals surface area contributed by atoms with Crippen LogP contribution in [-0.2, 0) is 0 Å². The highest BCUT2D eigenvalue weighted by Crippen LogP contribution is 2.33. The summed E-state index contributed by atoms with van der Waals surface area (Å²) in [6.45, 7) is 0.820. The minimum absolute atomic E-state index is 0.113. The van der Waals surface area contributed by atoms with Crippen molar-refractivity contribution in [3.63, 3.8) is 0 Å². The lowest BCUT2D eigenvalue weighted by molar-refractivity contribution is 0.225. The number of hydrogen-bond acceptors (Lipinski definition) is 2. The van der Waals surface area contributed by atoms with Gasteiger partial charge >= 0.3 is 0 Å². The van der Waals surface area contributed by atoms with Gasteiger partial charge in [-0.2, -0.15) is 0 Å². The molecule has 0 aromatic heterocycles. The number of nitrogens with two attached hydrogens (primary N) is 1. The molecular weight excluding hydrogens is 179 g/mol. The van der Waals surface area contributed by atoms with E-state index in [1.54, 1.807) is 0 Å². The number of nitrogens with zero attached hydrogens (tertiary/aromatic N) is 1. The summed E-state index contributed by atoms with van der Waals surface area (Å²) in [5.41, 5.74) is 7.36. The van der Waals surface area contributed by atoms with Crippen molar-refractivity contribution in [3.8, 4) is 0 Å². The van der Waals surface area contributed by atoms with E-state index in [4.69, 9.17) is 5.73 Å². The molecule has 1 aromatic carbocycles. The van der Waals surface area contributed by atoms with Crippen LogP contribution in [0.15, 0.2) is 24.3 Å². The number of nitrogen functional groups attached to an aromatic ring is 1. The van der Waals surface area contributed by atoms with Crippen LogP contribution >= 0.6 is 0 Å². The zero-order chi connectivity index (χ0) is 10.1. The van der Waals surface area contributed by atoms with Crippen LogP contribution in [0, 0.1) is 0 Å². The van der Waals surface area contributed by atoms with Crippen LogP contribution in [0.5, 0.6) is 0 Å². The lowest BCUT2D eigenvalue weighted by Crippen LogP contribution is -2.21. The van der Waals surface area contributed by atoms with Crippen LogP contribution in [0.4, 0.5) is 10.1 Å². The van der Waals surface area contributed by atoms with Gasteiger partial charge in [-0.25, -0.2) is 4.39 Å². The average Bonchev–Trinajstić information content (AvgIpc) is 2.46. The highest BCUT2D eigenvalue weighted by molar-refractivity contribution is 5.42. The third-order valence-electron chi connectivity index (χ3n) is 2.83. The van der Waals surface area contributed by atoms with E-state index < -0.39 is 6.17 Å². The molecule has 1 heterocycles. The number of halogens is 1. The normalized spacial score (nSPS) is 28.1. The monoisotopic (exact) mass is 194 g/mol. The second-order valence-electron chi connectivity index (χ2n) is 3.90. The molecule has 2 unspecified atom stereocenters. The number of alkyl halides is 1. The van der Waals surface area contributed by atoms with Gasteiger partial charge in [-0.1, -0.05) is 12.1 Å². The first-order chi connectivity index (χ1) is 6.68. The van der Waals surface area contributed by atoms with Gasteiger partial charge < -0.3 is 5.73 Å². The maximum Gasteiger partial charge on any atom is 0.121 e. The zero-order valence-electron chi connectivity index (χ0n) is 8.28. The number of hydrogen-bond donors (Lipinski definition) is 1. The van der Waals surface area contributed by atoms with Gasteiger partial charge in [0.05, 0.1) is 6.04 Å². The highest BCUT2D eigenvalue weighted by Gasteiger charge is 2.32. The molecule has 0 bridgehead atoms. The first-order valence-electron chi connectivity index (χ1n) is 4.88. The van der Waals surface area contributed by atoms with Crippen molar-refractivity contribution in [1.29, 1.82) is 0 Å². The molecule has 0 aliphatic carbocycles. The minimum atomic E-state index is -0.762. The topological polar surface area (TPSA) is 29.3 Å². The molecule has 1 aliphatic heterocycles. The summed E-state index contributed by atoms with van der Waals surface area (Å²) in [5.74, 6) is 0. The Labute approximate surface area is 83.5 Å². The van der Waals surface area contributed by atoms with Crippen LogP contribution in [0.3, 0.4) is 0 Å². The first-order valence-corrected chi connectivity index (χ1v) is 4.88. The first kappa shape index (κ1) is 9.46. The SMILES string of the molecule is CN1CCC(F)C1c1cccc(N)c1. The van der Waals surface area contributed by atoms with E-state index in [-0.39, 0.29) is 6.04 Å². The van der Waals surface area contributed by atoms with Crippen molar-refractivity contribution < 1.29 is 4.39 Å². The Morgan fingerprint density at radius 1 is 1.50 bits per heavy atom. The zero-order valence-corrected chi connectivity index (χ0v) is 8.28. The fraction of sp³-hybridized carbons (Fsp3) is 0.455. The van der Waals surface area contributed by atoms with Gasteiger partial charge in [0.15, 0.2) is 0 Å². The van der Waals surface area contributed by atoms with Crippen molar-refractivity contribution in [1.82, 2.24) is 4.90 Å². The van der Waals surface area contributed by atoms with E-state index in [9.17, 15) is 4.39 Å². The second kappa shape index (κ2) is 3.58. The highest BCUT2D eigenvalue weighted by atomic mass is 19.1. The Morgan fingerprint density at radius 3 is 2.86 bits per heavy atom. The fourth-order valence-electron chi connectivity index (χ4n) is 2.11. The summed E-state index contributed by atoms with van der Waals surface area (Å²) in [4.78, 5) is 2.04. The van der Waals surface area contributed by atoms with Gasteiger partial charge in [0, 0.05) is 12.2 Å². The van der Waals surface area contributed by atoms with Gasteiger partial charge in [-0.05, 0) is 31.2 Å². The van der Waals surface area contributed by atoms with Gasteiger partial charge in [-0.3, -0.25) is 4.90 Å². The number of benzene rings is 1. The molecule has 3 heteroatoms. The van der Waals surface area contributed by atoms with Crippen molar-refractivity contribution in [2.45, 2.75) is 18.6 Å². The van der Waals surface area contributed by atoms with Gasteiger partial charge in [0.2, 0.25) is 0 Å². The van der Waals surface area contributed by atoms with Gasteiger partial charge in [0.1, 0.15) is 6.17 Å². The summed E-state index contributed by atoms with van der Waals surface area (Å²) in [7, 11) is 1.95. The summed E-state index contributed by atoms with van der Waals surface area (Å²) in [6.07, 6.45) is -0.141. The molecule has 14 heavy (non-hydrogen) atoms. The largest absolute Gasteiger partial charge is 0.399 e. The lowest BCUT2D eigenvalue weighted by atomic mass is 10.0. The Bertz CT molecular complexity index is 317. The summed E-state index contributed by atoms with van der Waals surface area (Å²) >= 11 is 0. The van der Waals surface area contributed by atoms with E-state index in [1.807, 2.05) is 36.2 Å². The predicted octanol–water partition coefficient (Wildman–Crippen LogP) is 1.98. The molecule has 2 rings (SSSR count). The minimum Gasteiger partial charge on any atom is -0.399 e. The molecule has 0 radical (unpaired) electrons. The van der Waals surface area contributed by atoms with E-state index in [1.165, 1.54) is 0 Å². The standard InChI is InChI=1S/C11H15FN2/c1-14-6-5-10(12)11(14)8-3-2-4-9(13)7-8/h2-4,7,10-11H,5-6,13H2,1H3. The van der Waals surface area contributed by atoms with Crippen LogP contribution in [-0.4, -0.2) is 24.7 Å². The van der Waals surface area contributed by atoms with Crippen LogP contribution in [0.2, 0.25) is 0 Å².